The molecular weight excluding hydrogens is 296 g/mol. The van der Waals surface area contributed by atoms with Gasteiger partial charge in [-0.1, -0.05) is 12.1 Å². The maximum Gasteiger partial charge on any atom is 0.170 e. The van der Waals surface area contributed by atoms with Gasteiger partial charge in [0.2, 0.25) is 0 Å². The molecule has 1 aromatic carbocycles. The Morgan fingerprint density at radius 1 is 1.18 bits per heavy atom. The summed E-state index contributed by atoms with van der Waals surface area (Å²) >= 11 is 5.31. The maximum atomic E-state index is 5.31. The van der Waals surface area contributed by atoms with Crippen molar-refractivity contribution >= 4 is 44.8 Å². The van der Waals surface area contributed by atoms with Gasteiger partial charge < -0.3 is 15.4 Å². The summed E-state index contributed by atoms with van der Waals surface area (Å²) in [6.07, 6.45) is 3.56. The predicted molar refractivity (Wildman–Crippen MR) is 93.1 cm³/mol. The zero-order chi connectivity index (χ0) is 15.4. The van der Waals surface area contributed by atoms with Gasteiger partial charge in [-0.05, 0) is 30.4 Å². The number of nitrogens with zero attached hydrogens (tertiary/aromatic N) is 2. The van der Waals surface area contributed by atoms with Crippen molar-refractivity contribution in [2.45, 2.75) is 0 Å². The Balaban J connectivity index is 1.99. The van der Waals surface area contributed by atoms with Crippen LogP contribution in [0.25, 0.3) is 21.8 Å². The van der Waals surface area contributed by atoms with E-state index in [1.807, 2.05) is 30.3 Å². The van der Waals surface area contributed by atoms with Crippen LogP contribution in [0.4, 0.5) is 5.69 Å². The van der Waals surface area contributed by atoms with Crippen LogP contribution in [0.5, 0.6) is 0 Å². The summed E-state index contributed by atoms with van der Waals surface area (Å²) in [6.45, 7) is 1.25. The van der Waals surface area contributed by atoms with Crippen LogP contribution in [0.15, 0.2) is 42.7 Å². The molecule has 0 saturated carbocycles. The number of pyridine rings is 2. The lowest BCUT2D eigenvalue weighted by Gasteiger charge is -2.13. The number of hydrogen-bond acceptors (Lipinski definition) is 4. The second-order valence-electron chi connectivity index (χ2n) is 4.77. The molecule has 0 spiro atoms. The van der Waals surface area contributed by atoms with Gasteiger partial charge in [-0.2, -0.15) is 0 Å². The van der Waals surface area contributed by atoms with Crippen LogP contribution < -0.4 is 10.6 Å². The summed E-state index contributed by atoms with van der Waals surface area (Å²) < 4.78 is 5.00. The molecule has 2 aromatic heterocycles. The molecule has 2 N–H and O–H groups in total. The summed E-state index contributed by atoms with van der Waals surface area (Å²) in [5.41, 5.74) is 2.63. The minimum Gasteiger partial charge on any atom is -0.383 e. The van der Waals surface area contributed by atoms with Crippen molar-refractivity contribution in [1.82, 2.24) is 15.3 Å². The molecule has 0 aliphatic carbocycles. The molecule has 0 aliphatic heterocycles. The Morgan fingerprint density at radius 3 is 2.77 bits per heavy atom. The van der Waals surface area contributed by atoms with Gasteiger partial charge >= 0.3 is 0 Å². The molecular formula is C16H16N4OS. The number of aromatic nitrogens is 2. The normalized spacial score (nSPS) is 10.8. The number of fused-ring (bicyclic) bond motifs is 3. The molecule has 0 aliphatic rings. The van der Waals surface area contributed by atoms with Crippen LogP contribution >= 0.6 is 12.2 Å². The highest BCUT2D eigenvalue weighted by Gasteiger charge is 2.09. The van der Waals surface area contributed by atoms with E-state index in [1.54, 1.807) is 19.5 Å². The van der Waals surface area contributed by atoms with Crippen molar-refractivity contribution in [1.29, 1.82) is 0 Å². The van der Waals surface area contributed by atoms with Crippen molar-refractivity contribution in [3.8, 4) is 0 Å². The molecule has 0 saturated heterocycles. The summed E-state index contributed by atoms with van der Waals surface area (Å²) in [7, 11) is 1.66. The van der Waals surface area contributed by atoms with E-state index in [0.717, 1.165) is 27.5 Å². The minimum atomic E-state index is 0.541. The minimum absolute atomic E-state index is 0.541. The lowest BCUT2D eigenvalue weighted by Crippen LogP contribution is -2.31. The molecule has 0 amide bonds. The van der Waals surface area contributed by atoms with Crippen LogP contribution in [0.3, 0.4) is 0 Å². The van der Waals surface area contributed by atoms with E-state index in [4.69, 9.17) is 17.0 Å². The van der Waals surface area contributed by atoms with Crippen molar-refractivity contribution in [2.24, 2.45) is 0 Å². The van der Waals surface area contributed by atoms with Crippen molar-refractivity contribution in [2.75, 3.05) is 25.6 Å². The standard InChI is InChI=1S/C16H16N4OS/c1-21-9-8-19-16(22)20-14-10-13-11(4-2-6-17-13)12-5-3-7-18-15(12)14/h2-7,10H,8-9H2,1H3,(H2,19,20,22). The van der Waals surface area contributed by atoms with Gasteiger partial charge in [0.05, 0.1) is 23.3 Å². The highest BCUT2D eigenvalue weighted by molar-refractivity contribution is 7.80. The molecule has 112 valence electrons. The molecule has 0 fully saturated rings. The lowest BCUT2D eigenvalue weighted by atomic mass is 10.1. The Hall–Kier alpha value is -2.31. The molecule has 22 heavy (non-hydrogen) atoms. The van der Waals surface area contributed by atoms with Crippen molar-refractivity contribution in [3.05, 3.63) is 42.7 Å². The summed E-state index contributed by atoms with van der Waals surface area (Å²) in [6, 6.07) is 9.91. The lowest BCUT2D eigenvalue weighted by molar-refractivity contribution is 0.204. The van der Waals surface area contributed by atoms with E-state index in [9.17, 15) is 0 Å². The highest BCUT2D eigenvalue weighted by Crippen LogP contribution is 2.29. The number of rotatable bonds is 4. The van der Waals surface area contributed by atoms with Crippen molar-refractivity contribution in [3.63, 3.8) is 0 Å². The molecule has 0 unspecified atom stereocenters. The van der Waals surface area contributed by atoms with Gasteiger partial charge in [0.15, 0.2) is 5.11 Å². The Bertz CT molecular complexity index is 821. The van der Waals surface area contributed by atoms with Crippen LogP contribution in [-0.2, 0) is 4.74 Å². The molecule has 3 rings (SSSR count). The van der Waals surface area contributed by atoms with Gasteiger partial charge in [-0.25, -0.2) is 0 Å². The van der Waals surface area contributed by atoms with Gasteiger partial charge in [0, 0.05) is 36.8 Å². The van der Waals surface area contributed by atoms with Crippen molar-refractivity contribution < 1.29 is 4.74 Å². The van der Waals surface area contributed by atoms with E-state index in [1.165, 1.54) is 0 Å². The second kappa shape index (κ2) is 6.64. The van der Waals surface area contributed by atoms with Crippen LogP contribution in [0.1, 0.15) is 0 Å². The first-order valence-corrected chi connectivity index (χ1v) is 7.36. The third-order valence-electron chi connectivity index (χ3n) is 3.31. The fourth-order valence-corrected chi connectivity index (χ4v) is 2.54. The zero-order valence-corrected chi connectivity index (χ0v) is 13.0. The molecule has 0 bridgehead atoms. The first-order valence-electron chi connectivity index (χ1n) is 6.96. The summed E-state index contributed by atoms with van der Waals surface area (Å²) in [5, 5.41) is 8.96. The topological polar surface area (TPSA) is 59.1 Å². The van der Waals surface area contributed by atoms with Gasteiger partial charge in [-0.3, -0.25) is 9.97 Å². The number of ether oxygens (including phenoxy) is 1. The molecule has 5 nitrogen and oxygen atoms in total. The van der Waals surface area contributed by atoms with E-state index in [0.29, 0.717) is 18.3 Å². The Kier molecular flexibility index (Phi) is 4.41. The van der Waals surface area contributed by atoms with Crippen LogP contribution in [0.2, 0.25) is 0 Å². The third kappa shape index (κ3) is 2.98. The van der Waals surface area contributed by atoms with E-state index >= 15 is 0 Å². The number of anilines is 1. The fourth-order valence-electron chi connectivity index (χ4n) is 2.33. The van der Waals surface area contributed by atoms with Gasteiger partial charge in [0.1, 0.15) is 0 Å². The number of benzene rings is 1. The zero-order valence-electron chi connectivity index (χ0n) is 12.2. The predicted octanol–water partition coefficient (Wildman–Crippen LogP) is 2.72. The smallest absolute Gasteiger partial charge is 0.170 e. The number of methoxy groups -OCH3 is 1. The maximum absolute atomic E-state index is 5.31. The van der Waals surface area contributed by atoms with E-state index in [2.05, 4.69) is 20.6 Å². The number of nitrogens with one attached hydrogen (secondary N) is 2. The second-order valence-corrected chi connectivity index (χ2v) is 5.18. The fraction of sp³-hybridized carbons (Fsp3) is 0.188. The van der Waals surface area contributed by atoms with Gasteiger partial charge in [-0.15, -0.1) is 0 Å². The monoisotopic (exact) mass is 312 g/mol. The third-order valence-corrected chi connectivity index (χ3v) is 3.56. The molecule has 0 atom stereocenters. The molecule has 2 heterocycles. The Labute approximate surface area is 133 Å². The summed E-state index contributed by atoms with van der Waals surface area (Å²) in [4.78, 5) is 8.90. The first-order chi connectivity index (χ1) is 10.8. The van der Waals surface area contributed by atoms with Crippen LogP contribution in [-0.4, -0.2) is 35.3 Å². The van der Waals surface area contributed by atoms with Crippen LogP contribution in [0, 0.1) is 0 Å². The summed E-state index contributed by atoms with van der Waals surface area (Å²) in [5.74, 6) is 0. The molecule has 6 heteroatoms. The SMILES string of the molecule is COCCNC(=S)Nc1cc2ncccc2c2cccnc12. The average molecular weight is 312 g/mol. The van der Waals surface area contributed by atoms with Gasteiger partial charge in [0.25, 0.3) is 0 Å². The highest BCUT2D eigenvalue weighted by atomic mass is 32.1. The van der Waals surface area contributed by atoms with E-state index < -0.39 is 0 Å². The quantitative estimate of drug-likeness (QED) is 0.439. The molecule has 0 radical (unpaired) electrons. The number of hydrogen-bond donors (Lipinski definition) is 2. The van der Waals surface area contributed by atoms with E-state index in [-0.39, 0.29) is 0 Å². The molecule has 3 aromatic rings. The Morgan fingerprint density at radius 2 is 1.95 bits per heavy atom. The number of thiocarbonyl (C=S) groups is 1. The largest absolute Gasteiger partial charge is 0.383 e. The average Bonchev–Trinajstić information content (AvgIpc) is 2.55. The first kappa shape index (κ1) is 14.6.